The fraction of sp³-hybridized carbons (Fsp3) is 0.571. The molecule has 1 saturated carbocycles. The van der Waals surface area contributed by atoms with Gasteiger partial charge in [-0.15, -0.1) is 0 Å². The number of methoxy groups -OCH3 is 1. The zero-order valence-electron chi connectivity index (χ0n) is 11.7. The highest BCUT2D eigenvalue weighted by Crippen LogP contribution is 2.44. The summed E-state index contributed by atoms with van der Waals surface area (Å²) in [5.41, 5.74) is 0. The Balaban J connectivity index is 1.76. The van der Waals surface area contributed by atoms with Gasteiger partial charge in [-0.2, -0.15) is 0 Å². The number of hydrogen-bond acceptors (Lipinski definition) is 4. The van der Waals surface area contributed by atoms with Crippen LogP contribution in [0.4, 0.5) is 4.39 Å². The van der Waals surface area contributed by atoms with Crippen LogP contribution in [0, 0.1) is 17.7 Å². The normalized spacial score (nSPS) is 31.7. The Morgan fingerprint density at radius 1 is 1.38 bits per heavy atom. The lowest BCUT2D eigenvalue weighted by Gasteiger charge is -2.47. The molecule has 0 amide bonds. The standard InChI is InChI=1S/C14H18FNO4S/c1-19-8-12-13(11-6-7-20-14(11)12)16-21(17,18)10-4-2-9(15)3-5-10/h2-5,11-14,16H,6-8H2,1H3/t11-,12+,13+,14-/m0/s1. The highest BCUT2D eigenvalue weighted by atomic mass is 32.2. The summed E-state index contributed by atoms with van der Waals surface area (Å²) in [5, 5.41) is 0. The van der Waals surface area contributed by atoms with Gasteiger partial charge in [0.05, 0.1) is 17.6 Å². The van der Waals surface area contributed by atoms with E-state index in [0.717, 1.165) is 18.6 Å². The third-order valence-corrected chi connectivity index (χ3v) is 5.78. The van der Waals surface area contributed by atoms with E-state index in [-0.39, 0.29) is 28.9 Å². The van der Waals surface area contributed by atoms with E-state index in [1.165, 1.54) is 12.1 Å². The first-order chi connectivity index (χ1) is 10.0. The molecule has 2 aliphatic rings. The van der Waals surface area contributed by atoms with E-state index in [0.29, 0.717) is 13.2 Å². The summed E-state index contributed by atoms with van der Waals surface area (Å²) < 4.78 is 51.1. The maximum atomic E-state index is 12.9. The SMILES string of the molecule is COC[C@@H]1[C@H](NS(=O)(=O)c2ccc(F)cc2)[C@@H]2CCO[C@H]12. The Morgan fingerprint density at radius 3 is 2.76 bits per heavy atom. The molecule has 4 atom stereocenters. The van der Waals surface area contributed by atoms with Crippen LogP contribution in [0.5, 0.6) is 0 Å². The fourth-order valence-corrected chi connectivity index (χ4v) is 4.59. The molecule has 0 bridgehead atoms. The number of rotatable bonds is 5. The van der Waals surface area contributed by atoms with Crippen molar-refractivity contribution in [2.75, 3.05) is 20.3 Å². The minimum Gasteiger partial charge on any atom is -0.384 e. The van der Waals surface area contributed by atoms with Crippen LogP contribution >= 0.6 is 0 Å². The van der Waals surface area contributed by atoms with Crippen LogP contribution in [0.25, 0.3) is 0 Å². The average molecular weight is 315 g/mol. The predicted octanol–water partition coefficient (Wildman–Crippen LogP) is 1.15. The van der Waals surface area contributed by atoms with Crippen molar-refractivity contribution >= 4 is 10.0 Å². The molecule has 116 valence electrons. The second-order valence-electron chi connectivity index (χ2n) is 5.51. The average Bonchev–Trinajstić information content (AvgIpc) is 2.87. The quantitative estimate of drug-likeness (QED) is 0.885. The second kappa shape index (κ2) is 5.64. The van der Waals surface area contributed by atoms with Gasteiger partial charge in [0.1, 0.15) is 5.82 Å². The fourth-order valence-electron chi connectivity index (χ4n) is 3.26. The van der Waals surface area contributed by atoms with Gasteiger partial charge in [0.15, 0.2) is 0 Å². The minimum absolute atomic E-state index is 0.0257. The highest BCUT2D eigenvalue weighted by molar-refractivity contribution is 7.89. The van der Waals surface area contributed by atoms with Crippen molar-refractivity contribution in [1.29, 1.82) is 0 Å². The van der Waals surface area contributed by atoms with E-state index in [1.807, 2.05) is 0 Å². The van der Waals surface area contributed by atoms with Crippen molar-refractivity contribution in [3.05, 3.63) is 30.1 Å². The molecule has 0 unspecified atom stereocenters. The van der Waals surface area contributed by atoms with E-state index in [9.17, 15) is 12.8 Å². The Morgan fingerprint density at radius 2 is 2.10 bits per heavy atom. The molecule has 5 nitrogen and oxygen atoms in total. The van der Waals surface area contributed by atoms with Crippen molar-refractivity contribution in [3.63, 3.8) is 0 Å². The van der Waals surface area contributed by atoms with Crippen LogP contribution in [0.15, 0.2) is 29.2 Å². The van der Waals surface area contributed by atoms with Gasteiger partial charge in [0, 0.05) is 31.6 Å². The van der Waals surface area contributed by atoms with Gasteiger partial charge in [0.25, 0.3) is 0 Å². The molecular weight excluding hydrogens is 297 g/mol. The summed E-state index contributed by atoms with van der Waals surface area (Å²) in [6.45, 7) is 1.11. The second-order valence-corrected chi connectivity index (χ2v) is 7.22. The lowest BCUT2D eigenvalue weighted by Crippen LogP contribution is -2.62. The predicted molar refractivity (Wildman–Crippen MR) is 73.7 cm³/mol. The third-order valence-electron chi connectivity index (χ3n) is 4.30. The lowest BCUT2D eigenvalue weighted by molar-refractivity contribution is -0.0775. The maximum absolute atomic E-state index is 12.9. The molecule has 1 aliphatic heterocycles. The van der Waals surface area contributed by atoms with E-state index in [1.54, 1.807) is 7.11 Å². The molecule has 2 fully saturated rings. The summed E-state index contributed by atoms with van der Waals surface area (Å²) in [6, 6.07) is 4.63. The zero-order chi connectivity index (χ0) is 15.0. The largest absolute Gasteiger partial charge is 0.384 e. The van der Waals surface area contributed by atoms with E-state index < -0.39 is 15.8 Å². The van der Waals surface area contributed by atoms with Crippen LogP contribution in [-0.4, -0.2) is 40.9 Å². The molecule has 1 aliphatic carbocycles. The number of halogens is 1. The molecular formula is C14H18FNO4S. The highest BCUT2D eigenvalue weighted by Gasteiger charge is 2.54. The van der Waals surface area contributed by atoms with Crippen LogP contribution in [0.3, 0.4) is 0 Å². The molecule has 21 heavy (non-hydrogen) atoms. The first-order valence-corrected chi connectivity index (χ1v) is 8.39. The number of ether oxygens (including phenoxy) is 2. The molecule has 0 radical (unpaired) electrons. The molecule has 1 aromatic carbocycles. The lowest BCUT2D eigenvalue weighted by atomic mass is 9.68. The molecule has 3 rings (SSSR count). The molecule has 7 heteroatoms. The number of hydrogen-bond donors (Lipinski definition) is 1. The number of sulfonamides is 1. The Kier molecular flexibility index (Phi) is 4.00. The van der Waals surface area contributed by atoms with Gasteiger partial charge in [0.2, 0.25) is 10.0 Å². The summed E-state index contributed by atoms with van der Waals surface area (Å²) in [5.74, 6) is -0.239. The van der Waals surface area contributed by atoms with Gasteiger partial charge in [-0.1, -0.05) is 0 Å². The summed E-state index contributed by atoms with van der Waals surface area (Å²) in [7, 11) is -2.06. The first kappa shape index (κ1) is 14.9. The van der Waals surface area contributed by atoms with Gasteiger partial charge in [-0.3, -0.25) is 0 Å². The molecule has 1 N–H and O–H groups in total. The minimum atomic E-state index is -3.65. The van der Waals surface area contributed by atoms with Crippen LogP contribution in [0.2, 0.25) is 0 Å². The number of nitrogens with one attached hydrogen (secondary N) is 1. The zero-order valence-corrected chi connectivity index (χ0v) is 12.5. The Hall–Kier alpha value is -1.02. The molecule has 0 spiro atoms. The number of benzene rings is 1. The van der Waals surface area contributed by atoms with Gasteiger partial charge >= 0.3 is 0 Å². The summed E-state index contributed by atoms with van der Waals surface area (Å²) in [4.78, 5) is 0.0717. The Bertz CT molecular complexity index is 604. The summed E-state index contributed by atoms with van der Waals surface area (Å²) in [6.07, 6.45) is 0.924. The molecule has 1 aromatic rings. The van der Waals surface area contributed by atoms with Gasteiger partial charge in [-0.05, 0) is 30.7 Å². The van der Waals surface area contributed by atoms with Crippen molar-refractivity contribution in [2.45, 2.75) is 23.5 Å². The number of fused-ring (bicyclic) bond motifs is 1. The van der Waals surface area contributed by atoms with Crippen LogP contribution in [0.1, 0.15) is 6.42 Å². The third kappa shape index (κ3) is 2.70. The van der Waals surface area contributed by atoms with Crippen LogP contribution in [-0.2, 0) is 19.5 Å². The first-order valence-electron chi connectivity index (χ1n) is 6.91. The van der Waals surface area contributed by atoms with Crippen molar-refractivity contribution < 1.29 is 22.3 Å². The topological polar surface area (TPSA) is 64.6 Å². The van der Waals surface area contributed by atoms with Crippen LogP contribution < -0.4 is 4.72 Å². The maximum Gasteiger partial charge on any atom is 0.240 e. The van der Waals surface area contributed by atoms with Crippen molar-refractivity contribution in [2.24, 2.45) is 11.8 Å². The van der Waals surface area contributed by atoms with E-state index in [2.05, 4.69) is 4.72 Å². The summed E-state index contributed by atoms with van der Waals surface area (Å²) >= 11 is 0. The van der Waals surface area contributed by atoms with Crippen molar-refractivity contribution in [3.8, 4) is 0 Å². The van der Waals surface area contributed by atoms with Gasteiger partial charge < -0.3 is 9.47 Å². The van der Waals surface area contributed by atoms with Crippen molar-refractivity contribution in [1.82, 2.24) is 4.72 Å². The smallest absolute Gasteiger partial charge is 0.240 e. The van der Waals surface area contributed by atoms with E-state index in [4.69, 9.17) is 9.47 Å². The van der Waals surface area contributed by atoms with E-state index >= 15 is 0 Å². The molecule has 1 saturated heterocycles. The monoisotopic (exact) mass is 315 g/mol. The molecule has 0 aromatic heterocycles. The molecule has 1 heterocycles. The van der Waals surface area contributed by atoms with Gasteiger partial charge in [-0.25, -0.2) is 17.5 Å². The Labute approximate surface area is 123 Å².